The quantitative estimate of drug-likeness (QED) is 0.915. The maximum absolute atomic E-state index is 13.5. The molecule has 2 aliphatic heterocycles. The zero-order valence-corrected chi connectivity index (χ0v) is 13.6. The number of halogens is 1. The van der Waals surface area contributed by atoms with Gasteiger partial charge in [-0.2, -0.15) is 0 Å². The Morgan fingerprint density at radius 1 is 1.09 bits per heavy atom. The molecule has 0 bridgehead atoms. The van der Waals surface area contributed by atoms with Crippen molar-refractivity contribution in [1.29, 1.82) is 0 Å². The van der Waals surface area contributed by atoms with Gasteiger partial charge in [0.15, 0.2) is 0 Å². The molecule has 120 valence electrons. The number of fused-ring (bicyclic) bond motifs is 3. The molecule has 4 rings (SSSR count). The Morgan fingerprint density at radius 2 is 1.87 bits per heavy atom. The van der Waals surface area contributed by atoms with Gasteiger partial charge in [0.05, 0.1) is 5.54 Å². The van der Waals surface area contributed by atoms with E-state index in [-0.39, 0.29) is 11.4 Å². The monoisotopic (exact) mass is 310 g/mol. The molecule has 2 aromatic rings. The lowest BCUT2D eigenvalue weighted by molar-refractivity contribution is 0.0511. The molecule has 2 heterocycles. The molecule has 1 fully saturated rings. The molecule has 0 aromatic heterocycles. The van der Waals surface area contributed by atoms with Crippen molar-refractivity contribution < 1.29 is 4.39 Å². The zero-order valence-electron chi connectivity index (χ0n) is 13.6. The van der Waals surface area contributed by atoms with E-state index in [1.807, 2.05) is 19.2 Å². The molecule has 2 aliphatic rings. The number of nitrogens with one attached hydrogen (secondary N) is 1. The lowest BCUT2D eigenvalue weighted by Gasteiger charge is -2.53. The van der Waals surface area contributed by atoms with Crippen LogP contribution >= 0.6 is 0 Å². The maximum atomic E-state index is 13.5. The summed E-state index contributed by atoms with van der Waals surface area (Å²) < 4.78 is 13.5. The highest BCUT2D eigenvalue weighted by atomic mass is 19.1. The lowest BCUT2D eigenvalue weighted by Crippen LogP contribution is -2.58. The molecule has 1 saturated heterocycles. The normalized spacial score (nSPS) is 27.3. The Hall–Kier alpha value is -1.71. The minimum atomic E-state index is -0.165. The molecule has 0 saturated carbocycles. The summed E-state index contributed by atoms with van der Waals surface area (Å²) in [6.45, 7) is 2.15. The molecule has 3 heteroatoms. The third-order valence-corrected chi connectivity index (χ3v) is 5.67. The van der Waals surface area contributed by atoms with Crippen LogP contribution in [0.5, 0.6) is 0 Å². The summed E-state index contributed by atoms with van der Waals surface area (Å²) in [5.41, 5.74) is 3.92. The van der Waals surface area contributed by atoms with Crippen LogP contribution in [0.1, 0.15) is 29.5 Å². The minimum Gasteiger partial charge on any atom is -0.317 e. The molecule has 0 spiro atoms. The topological polar surface area (TPSA) is 15.3 Å². The van der Waals surface area contributed by atoms with Gasteiger partial charge in [0.2, 0.25) is 0 Å². The summed E-state index contributed by atoms with van der Waals surface area (Å²) in [5.74, 6) is -0.165. The molecular formula is C20H23FN2. The smallest absolute Gasteiger partial charge is 0.123 e. The van der Waals surface area contributed by atoms with Crippen LogP contribution < -0.4 is 5.32 Å². The first-order valence-electron chi connectivity index (χ1n) is 8.51. The zero-order chi connectivity index (χ0) is 15.9. The van der Waals surface area contributed by atoms with Crippen molar-refractivity contribution in [2.75, 3.05) is 20.1 Å². The summed E-state index contributed by atoms with van der Waals surface area (Å²) in [4.78, 5) is 2.61. The molecule has 0 amide bonds. The fourth-order valence-electron chi connectivity index (χ4n) is 4.50. The van der Waals surface area contributed by atoms with Crippen LogP contribution in [-0.2, 0) is 12.0 Å². The Labute approximate surface area is 137 Å². The highest BCUT2D eigenvalue weighted by molar-refractivity contribution is 5.46. The van der Waals surface area contributed by atoms with Crippen molar-refractivity contribution in [3.63, 3.8) is 0 Å². The molecule has 23 heavy (non-hydrogen) atoms. The van der Waals surface area contributed by atoms with Crippen molar-refractivity contribution in [3.8, 4) is 0 Å². The fraction of sp³-hybridized carbons (Fsp3) is 0.400. The fourth-order valence-corrected chi connectivity index (χ4v) is 4.50. The molecule has 0 radical (unpaired) electrons. The van der Waals surface area contributed by atoms with E-state index in [9.17, 15) is 4.39 Å². The highest BCUT2D eigenvalue weighted by Gasteiger charge is 2.47. The van der Waals surface area contributed by atoms with Gasteiger partial charge in [-0.15, -0.1) is 0 Å². The standard InChI is InChI=1S/C20H23FN2/c1-22-18-11-13-23-12-10-15-4-2-3-5-19(15)20(23,14-18)16-6-8-17(21)9-7-16/h2-9,18,22H,10-14H2,1H3. The summed E-state index contributed by atoms with van der Waals surface area (Å²) in [6.07, 6.45) is 3.30. The van der Waals surface area contributed by atoms with Crippen molar-refractivity contribution in [3.05, 3.63) is 71.0 Å². The van der Waals surface area contributed by atoms with Crippen molar-refractivity contribution in [1.82, 2.24) is 10.2 Å². The van der Waals surface area contributed by atoms with Crippen LogP contribution in [0.2, 0.25) is 0 Å². The third kappa shape index (κ3) is 2.30. The van der Waals surface area contributed by atoms with Crippen LogP contribution in [0, 0.1) is 5.82 Å². The lowest BCUT2D eigenvalue weighted by atomic mass is 9.69. The average molecular weight is 310 g/mol. The van der Waals surface area contributed by atoms with E-state index in [2.05, 4.69) is 34.5 Å². The van der Waals surface area contributed by atoms with Gasteiger partial charge in [-0.1, -0.05) is 36.4 Å². The van der Waals surface area contributed by atoms with Gasteiger partial charge in [0, 0.05) is 19.1 Å². The average Bonchev–Trinajstić information content (AvgIpc) is 2.61. The minimum absolute atomic E-state index is 0.130. The van der Waals surface area contributed by atoms with E-state index < -0.39 is 0 Å². The maximum Gasteiger partial charge on any atom is 0.123 e. The van der Waals surface area contributed by atoms with Crippen molar-refractivity contribution in [2.24, 2.45) is 0 Å². The highest BCUT2D eigenvalue weighted by Crippen LogP contribution is 2.47. The molecular weight excluding hydrogens is 287 g/mol. The van der Waals surface area contributed by atoms with Crippen LogP contribution in [-0.4, -0.2) is 31.1 Å². The van der Waals surface area contributed by atoms with Crippen LogP contribution in [0.3, 0.4) is 0 Å². The predicted octanol–water partition coefficient (Wildman–Crippen LogP) is 3.31. The second-order valence-electron chi connectivity index (χ2n) is 6.74. The van der Waals surface area contributed by atoms with Gasteiger partial charge in [0.25, 0.3) is 0 Å². The largest absolute Gasteiger partial charge is 0.317 e. The molecule has 2 atom stereocenters. The van der Waals surface area contributed by atoms with E-state index in [0.717, 1.165) is 25.9 Å². The molecule has 0 aliphatic carbocycles. The summed E-state index contributed by atoms with van der Waals surface area (Å²) in [5, 5.41) is 3.47. The number of nitrogens with zero attached hydrogens (tertiary/aromatic N) is 1. The van der Waals surface area contributed by atoms with Crippen molar-refractivity contribution >= 4 is 0 Å². The SMILES string of the molecule is CNC1CCN2CCc3ccccc3C2(c2ccc(F)cc2)C1. The first-order valence-corrected chi connectivity index (χ1v) is 8.51. The Kier molecular flexibility index (Phi) is 3.70. The molecule has 2 aromatic carbocycles. The number of benzene rings is 2. The third-order valence-electron chi connectivity index (χ3n) is 5.67. The molecule has 1 N–H and O–H groups in total. The van der Waals surface area contributed by atoms with Gasteiger partial charge < -0.3 is 5.32 Å². The number of hydrogen-bond donors (Lipinski definition) is 1. The number of piperidine rings is 1. The summed E-state index contributed by atoms with van der Waals surface area (Å²) >= 11 is 0. The van der Waals surface area contributed by atoms with Gasteiger partial charge in [-0.05, 0) is 55.1 Å². The van der Waals surface area contributed by atoms with Gasteiger partial charge >= 0.3 is 0 Å². The number of hydrogen-bond acceptors (Lipinski definition) is 2. The van der Waals surface area contributed by atoms with E-state index >= 15 is 0 Å². The van der Waals surface area contributed by atoms with Gasteiger partial charge in [-0.25, -0.2) is 4.39 Å². The van der Waals surface area contributed by atoms with E-state index in [1.54, 1.807) is 12.1 Å². The van der Waals surface area contributed by atoms with Crippen LogP contribution in [0.25, 0.3) is 0 Å². The molecule has 2 unspecified atom stereocenters. The first-order chi connectivity index (χ1) is 11.2. The number of rotatable bonds is 2. The van der Waals surface area contributed by atoms with E-state index in [4.69, 9.17) is 0 Å². The van der Waals surface area contributed by atoms with Gasteiger partial charge in [0.1, 0.15) is 5.82 Å². The second kappa shape index (κ2) is 5.73. The summed E-state index contributed by atoms with van der Waals surface area (Å²) in [6, 6.07) is 16.4. The summed E-state index contributed by atoms with van der Waals surface area (Å²) in [7, 11) is 2.05. The Bertz CT molecular complexity index is 697. The predicted molar refractivity (Wildman–Crippen MR) is 91.0 cm³/mol. The van der Waals surface area contributed by atoms with E-state index in [1.165, 1.54) is 23.1 Å². The Balaban J connectivity index is 1.92. The first kappa shape index (κ1) is 14.9. The van der Waals surface area contributed by atoms with Crippen molar-refractivity contribution in [2.45, 2.75) is 30.8 Å². The van der Waals surface area contributed by atoms with Crippen LogP contribution in [0.4, 0.5) is 4.39 Å². The molecule has 2 nitrogen and oxygen atoms in total. The van der Waals surface area contributed by atoms with Gasteiger partial charge in [-0.3, -0.25) is 4.90 Å². The Morgan fingerprint density at radius 3 is 2.65 bits per heavy atom. The second-order valence-corrected chi connectivity index (χ2v) is 6.74. The van der Waals surface area contributed by atoms with E-state index in [0.29, 0.717) is 6.04 Å². The van der Waals surface area contributed by atoms with Crippen LogP contribution in [0.15, 0.2) is 48.5 Å².